The first-order chi connectivity index (χ1) is 9.72. The van der Waals surface area contributed by atoms with E-state index in [1.807, 2.05) is 42.5 Å². The zero-order valence-electron chi connectivity index (χ0n) is 10.9. The standard InChI is InChI=1S/C16H15BrN2O/c17-13-2-1-3-15(11-13)20-9-8-19-7-6-12-10-14(18)4-5-16(12)19/h1-7,10-11H,8-9,18H2. The van der Waals surface area contributed by atoms with E-state index in [2.05, 4.69) is 32.8 Å². The largest absolute Gasteiger partial charge is 0.492 e. The van der Waals surface area contributed by atoms with E-state index in [9.17, 15) is 0 Å². The molecule has 1 aromatic heterocycles. The lowest BCUT2D eigenvalue weighted by atomic mass is 10.2. The lowest BCUT2D eigenvalue weighted by molar-refractivity contribution is 0.300. The van der Waals surface area contributed by atoms with Gasteiger partial charge < -0.3 is 15.0 Å². The van der Waals surface area contributed by atoms with E-state index < -0.39 is 0 Å². The monoisotopic (exact) mass is 330 g/mol. The minimum Gasteiger partial charge on any atom is -0.492 e. The van der Waals surface area contributed by atoms with Crippen molar-refractivity contribution in [2.45, 2.75) is 6.54 Å². The van der Waals surface area contributed by atoms with Crippen LogP contribution >= 0.6 is 15.9 Å². The second kappa shape index (κ2) is 5.59. The molecule has 0 fully saturated rings. The Balaban J connectivity index is 1.68. The Labute approximate surface area is 126 Å². The number of ether oxygens (including phenoxy) is 1. The summed E-state index contributed by atoms with van der Waals surface area (Å²) in [5.74, 6) is 0.875. The molecule has 0 amide bonds. The zero-order valence-corrected chi connectivity index (χ0v) is 12.5. The van der Waals surface area contributed by atoms with Gasteiger partial charge in [-0.3, -0.25) is 0 Å². The number of nitrogen functional groups attached to an aromatic ring is 1. The summed E-state index contributed by atoms with van der Waals surface area (Å²) in [6, 6.07) is 15.9. The molecule has 0 aliphatic heterocycles. The third kappa shape index (κ3) is 2.80. The first-order valence-corrected chi connectivity index (χ1v) is 7.24. The molecule has 0 saturated heterocycles. The first kappa shape index (κ1) is 13.1. The smallest absolute Gasteiger partial charge is 0.120 e. The van der Waals surface area contributed by atoms with Crippen molar-refractivity contribution >= 4 is 32.5 Å². The highest BCUT2D eigenvalue weighted by Crippen LogP contribution is 2.20. The molecule has 0 unspecified atom stereocenters. The van der Waals surface area contributed by atoms with Crippen LogP contribution in [0.5, 0.6) is 5.75 Å². The molecular formula is C16H15BrN2O. The highest BCUT2D eigenvalue weighted by molar-refractivity contribution is 9.10. The summed E-state index contributed by atoms with van der Waals surface area (Å²) in [5, 5.41) is 1.16. The Morgan fingerprint density at radius 1 is 1.10 bits per heavy atom. The van der Waals surface area contributed by atoms with Gasteiger partial charge in [0.25, 0.3) is 0 Å². The molecule has 1 heterocycles. The fourth-order valence-corrected chi connectivity index (χ4v) is 2.61. The third-order valence-corrected chi connectivity index (χ3v) is 3.69. The average Bonchev–Trinajstić information content (AvgIpc) is 2.81. The van der Waals surface area contributed by atoms with Crippen molar-refractivity contribution in [3.05, 3.63) is 59.2 Å². The minimum absolute atomic E-state index is 0.630. The Kier molecular flexibility index (Phi) is 3.65. The number of fused-ring (bicyclic) bond motifs is 1. The van der Waals surface area contributed by atoms with E-state index in [4.69, 9.17) is 10.5 Å². The molecule has 102 valence electrons. The Hall–Kier alpha value is -1.94. The molecule has 3 nitrogen and oxygen atoms in total. The fourth-order valence-electron chi connectivity index (χ4n) is 2.23. The molecule has 20 heavy (non-hydrogen) atoms. The van der Waals surface area contributed by atoms with Crippen molar-refractivity contribution < 1.29 is 4.74 Å². The van der Waals surface area contributed by atoms with Crippen LogP contribution in [-0.2, 0) is 6.54 Å². The zero-order chi connectivity index (χ0) is 13.9. The second-order valence-electron chi connectivity index (χ2n) is 4.63. The van der Waals surface area contributed by atoms with Gasteiger partial charge in [-0.1, -0.05) is 22.0 Å². The number of hydrogen-bond donors (Lipinski definition) is 1. The van der Waals surface area contributed by atoms with Crippen molar-refractivity contribution in [1.82, 2.24) is 4.57 Å². The molecule has 0 saturated carbocycles. The van der Waals surface area contributed by atoms with Gasteiger partial charge in [0.15, 0.2) is 0 Å². The van der Waals surface area contributed by atoms with E-state index in [1.165, 1.54) is 5.52 Å². The van der Waals surface area contributed by atoms with Crippen LogP contribution in [-0.4, -0.2) is 11.2 Å². The Morgan fingerprint density at radius 2 is 2.00 bits per heavy atom. The molecule has 4 heteroatoms. The summed E-state index contributed by atoms with van der Waals surface area (Å²) in [7, 11) is 0. The van der Waals surface area contributed by atoms with E-state index in [-0.39, 0.29) is 0 Å². The van der Waals surface area contributed by atoms with E-state index in [0.29, 0.717) is 6.61 Å². The van der Waals surface area contributed by atoms with Crippen molar-refractivity contribution in [2.75, 3.05) is 12.3 Å². The van der Waals surface area contributed by atoms with Gasteiger partial charge in [0.05, 0.1) is 6.54 Å². The van der Waals surface area contributed by atoms with Crippen molar-refractivity contribution in [3.63, 3.8) is 0 Å². The topological polar surface area (TPSA) is 40.2 Å². The van der Waals surface area contributed by atoms with Crippen LogP contribution in [0.1, 0.15) is 0 Å². The molecule has 0 radical (unpaired) electrons. The SMILES string of the molecule is Nc1ccc2c(ccn2CCOc2cccc(Br)c2)c1. The maximum Gasteiger partial charge on any atom is 0.120 e. The predicted molar refractivity (Wildman–Crippen MR) is 86.0 cm³/mol. The molecule has 0 aliphatic rings. The summed E-state index contributed by atoms with van der Waals surface area (Å²) < 4.78 is 8.96. The number of nitrogens with zero attached hydrogens (tertiary/aromatic N) is 1. The number of halogens is 1. The molecule has 0 bridgehead atoms. The molecule has 3 rings (SSSR count). The molecule has 0 atom stereocenters. The Bertz CT molecular complexity index is 736. The maximum atomic E-state index is 5.79. The van der Waals surface area contributed by atoms with Crippen molar-refractivity contribution in [3.8, 4) is 5.75 Å². The van der Waals surface area contributed by atoms with Gasteiger partial charge in [-0.05, 0) is 42.5 Å². The van der Waals surface area contributed by atoms with Gasteiger partial charge >= 0.3 is 0 Å². The fraction of sp³-hybridized carbons (Fsp3) is 0.125. The second-order valence-corrected chi connectivity index (χ2v) is 5.55. The third-order valence-electron chi connectivity index (χ3n) is 3.19. The van der Waals surface area contributed by atoms with Gasteiger partial charge in [-0.2, -0.15) is 0 Å². The molecule has 2 aromatic carbocycles. The van der Waals surface area contributed by atoms with Crippen LogP contribution in [0.4, 0.5) is 5.69 Å². The van der Waals surface area contributed by atoms with Gasteiger partial charge in [-0.25, -0.2) is 0 Å². The lowest BCUT2D eigenvalue weighted by Crippen LogP contribution is -2.07. The number of rotatable bonds is 4. The van der Waals surface area contributed by atoms with E-state index >= 15 is 0 Å². The van der Waals surface area contributed by atoms with E-state index in [1.54, 1.807) is 0 Å². The van der Waals surface area contributed by atoms with Gasteiger partial charge in [0, 0.05) is 27.3 Å². The van der Waals surface area contributed by atoms with Crippen LogP contribution in [0, 0.1) is 0 Å². The number of nitrogens with two attached hydrogens (primary N) is 1. The summed E-state index contributed by atoms with van der Waals surface area (Å²) >= 11 is 3.44. The first-order valence-electron chi connectivity index (χ1n) is 6.45. The normalized spacial score (nSPS) is 10.8. The van der Waals surface area contributed by atoms with Crippen LogP contribution in [0.2, 0.25) is 0 Å². The molecular weight excluding hydrogens is 316 g/mol. The predicted octanol–water partition coefficient (Wildman–Crippen LogP) is 4.07. The average molecular weight is 331 g/mol. The number of hydrogen-bond acceptors (Lipinski definition) is 2. The van der Waals surface area contributed by atoms with Crippen LogP contribution < -0.4 is 10.5 Å². The summed E-state index contributed by atoms with van der Waals surface area (Å²) in [4.78, 5) is 0. The molecule has 0 spiro atoms. The number of anilines is 1. The van der Waals surface area contributed by atoms with Gasteiger partial charge in [0.2, 0.25) is 0 Å². The maximum absolute atomic E-state index is 5.79. The molecule has 2 N–H and O–H groups in total. The molecule has 0 aliphatic carbocycles. The summed E-state index contributed by atoms with van der Waals surface area (Å²) in [5.41, 5.74) is 7.76. The summed E-state index contributed by atoms with van der Waals surface area (Å²) in [6.07, 6.45) is 2.06. The quantitative estimate of drug-likeness (QED) is 0.732. The minimum atomic E-state index is 0.630. The van der Waals surface area contributed by atoms with E-state index in [0.717, 1.165) is 27.8 Å². The van der Waals surface area contributed by atoms with Crippen LogP contribution in [0.25, 0.3) is 10.9 Å². The number of aromatic nitrogens is 1. The van der Waals surface area contributed by atoms with Crippen molar-refractivity contribution in [2.24, 2.45) is 0 Å². The highest BCUT2D eigenvalue weighted by atomic mass is 79.9. The van der Waals surface area contributed by atoms with Crippen molar-refractivity contribution in [1.29, 1.82) is 0 Å². The number of benzene rings is 2. The van der Waals surface area contributed by atoms with Gasteiger partial charge in [0.1, 0.15) is 12.4 Å². The molecule has 3 aromatic rings. The highest BCUT2D eigenvalue weighted by Gasteiger charge is 2.01. The van der Waals surface area contributed by atoms with Gasteiger partial charge in [-0.15, -0.1) is 0 Å². The van der Waals surface area contributed by atoms with Crippen LogP contribution in [0.3, 0.4) is 0 Å². The lowest BCUT2D eigenvalue weighted by Gasteiger charge is -2.08. The summed E-state index contributed by atoms with van der Waals surface area (Å²) in [6.45, 7) is 1.44. The van der Waals surface area contributed by atoms with Crippen LogP contribution in [0.15, 0.2) is 59.2 Å². The Morgan fingerprint density at radius 3 is 2.85 bits per heavy atom.